The Labute approximate surface area is 146 Å². The van der Waals surface area contributed by atoms with Crippen LogP contribution in [0.4, 0.5) is 5.69 Å². The number of nitro groups is 1. The fourth-order valence-electron chi connectivity index (χ4n) is 3.17. The molecule has 8 nitrogen and oxygen atoms in total. The fraction of sp³-hybridized carbons (Fsp3) is 0.588. The second kappa shape index (κ2) is 8.15. The van der Waals surface area contributed by atoms with Crippen LogP contribution >= 0.6 is 0 Å². The van der Waals surface area contributed by atoms with Gasteiger partial charge < -0.3 is 19.5 Å². The molecule has 1 heterocycles. The quantitative estimate of drug-likeness (QED) is 0.594. The third-order valence-electron chi connectivity index (χ3n) is 4.60. The number of hydrogen-bond donors (Lipinski definition) is 1. The summed E-state index contributed by atoms with van der Waals surface area (Å²) in [4.78, 5) is 24.4. The molecule has 0 radical (unpaired) electrons. The minimum Gasteiger partial charge on any atom is -0.493 e. The van der Waals surface area contributed by atoms with Crippen molar-refractivity contribution in [1.82, 2.24) is 4.90 Å². The largest absolute Gasteiger partial charge is 0.493 e. The molecule has 1 fully saturated rings. The zero-order chi connectivity index (χ0) is 18.6. The van der Waals surface area contributed by atoms with Gasteiger partial charge in [-0.3, -0.25) is 10.1 Å². The van der Waals surface area contributed by atoms with E-state index in [0.29, 0.717) is 12.5 Å². The molecule has 1 aliphatic heterocycles. The lowest BCUT2D eigenvalue weighted by atomic mass is 9.98. The number of nitrogens with zero attached hydrogens (tertiary/aromatic N) is 2. The van der Waals surface area contributed by atoms with Gasteiger partial charge in [-0.15, -0.1) is 0 Å². The summed E-state index contributed by atoms with van der Waals surface area (Å²) < 4.78 is 11.2. The van der Waals surface area contributed by atoms with E-state index in [1.165, 1.54) is 7.11 Å². The van der Waals surface area contributed by atoms with Gasteiger partial charge in [-0.1, -0.05) is 6.92 Å². The van der Waals surface area contributed by atoms with Crippen LogP contribution in [0.1, 0.15) is 35.7 Å². The smallest absolute Gasteiger partial charge is 0.343 e. The normalized spacial score (nSPS) is 15.8. The first-order valence-electron chi connectivity index (χ1n) is 8.31. The van der Waals surface area contributed by atoms with E-state index >= 15 is 0 Å². The van der Waals surface area contributed by atoms with E-state index < -0.39 is 16.6 Å². The molecule has 0 atom stereocenters. The fourth-order valence-corrected chi connectivity index (χ4v) is 3.17. The second-order valence-electron chi connectivity index (χ2n) is 6.25. The molecule has 138 valence electrons. The van der Waals surface area contributed by atoms with Crippen molar-refractivity contribution in [3.8, 4) is 11.5 Å². The molecule has 0 amide bonds. The number of carboxylic acids is 1. The van der Waals surface area contributed by atoms with Crippen molar-refractivity contribution >= 4 is 11.7 Å². The number of rotatable bonds is 7. The van der Waals surface area contributed by atoms with E-state index in [0.717, 1.165) is 32.0 Å². The Hall–Kier alpha value is -2.35. The van der Waals surface area contributed by atoms with Gasteiger partial charge in [0.05, 0.1) is 24.7 Å². The molecule has 1 aromatic rings. The van der Waals surface area contributed by atoms with Gasteiger partial charge in [-0.25, -0.2) is 4.79 Å². The number of hydrogen-bond acceptors (Lipinski definition) is 6. The first kappa shape index (κ1) is 19.0. The molecule has 0 spiro atoms. The Bertz CT molecular complexity index is 653. The van der Waals surface area contributed by atoms with E-state index in [2.05, 4.69) is 11.9 Å². The van der Waals surface area contributed by atoms with Gasteiger partial charge in [-0.05, 0) is 45.3 Å². The van der Waals surface area contributed by atoms with Crippen molar-refractivity contribution < 1.29 is 24.3 Å². The molecule has 25 heavy (non-hydrogen) atoms. The average Bonchev–Trinajstić information content (AvgIpc) is 2.59. The predicted octanol–water partition coefficient (Wildman–Crippen LogP) is 2.58. The van der Waals surface area contributed by atoms with Crippen LogP contribution in [0.15, 0.2) is 6.07 Å². The summed E-state index contributed by atoms with van der Waals surface area (Å²) >= 11 is 0. The summed E-state index contributed by atoms with van der Waals surface area (Å²) in [6.45, 7) is 4.14. The van der Waals surface area contributed by atoms with E-state index in [4.69, 9.17) is 9.47 Å². The van der Waals surface area contributed by atoms with Crippen molar-refractivity contribution in [2.75, 3.05) is 33.9 Å². The monoisotopic (exact) mass is 352 g/mol. The number of benzene rings is 1. The number of ether oxygens (including phenoxy) is 2. The lowest BCUT2D eigenvalue weighted by Gasteiger charge is -2.29. The van der Waals surface area contributed by atoms with E-state index in [1.807, 2.05) is 0 Å². The third-order valence-corrected chi connectivity index (χ3v) is 4.60. The van der Waals surface area contributed by atoms with Gasteiger partial charge in [0.25, 0.3) is 5.69 Å². The molecule has 2 rings (SSSR count). The molecule has 1 saturated heterocycles. The number of piperidine rings is 1. The Morgan fingerprint density at radius 2 is 2.08 bits per heavy atom. The maximum atomic E-state index is 11.5. The molecule has 8 heteroatoms. The first-order chi connectivity index (χ1) is 11.9. The van der Waals surface area contributed by atoms with Crippen molar-refractivity contribution in [2.45, 2.75) is 26.2 Å². The highest BCUT2D eigenvalue weighted by molar-refractivity contribution is 5.95. The molecular formula is C17H24N2O6. The van der Waals surface area contributed by atoms with Crippen molar-refractivity contribution in [3.63, 3.8) is 0 Å². The molecule has 1 N–H and O–H groups in total. The number of carboxylic acid groups (broad SMARTS) is 1. The van der Waals surface area contributed by atoms with Crippen LogP contribution in [0, 0.1) is 16.0 Å². The molecule has 0 aromatic heterocycles. The van der Waals surface area contributed by atoms with Crippen LogP contribution in [-0.2, 0) is 6.42 Å². The van der Waals surface area contributed by atoms with Crippen molar-refractivity contribution in [1.29, 1.82) is 0 Å². The maximum absolute atomic E-state index is 11.5. The summed E-state index contributed by atoms with van der Waals surface area (Å²) in [6.07, 6.45) is 2.28. The molecule has 0 bridgehead atoms. The van der Waals surface area contributed by atoms with Crippen molar-refractivity contribution in [2.24, 2.45) is 5.92 Å². The zero-order valence-electron chi connectivity index (χ0n) is 14.8. The van der Waals surface area contributed by atoms with Gasteiger partial charge in [0.15, 0.2) is 11.5 Å². The number of carbonyl (C=O) groups is 1. The Kier molecular flexibility index (Phi) is 6.19. The predicted molar refractivity (Wildman–Crippen MR) is 91.7 cm³/mol. The highest BCUT2D eigenvalue weighted by Crippen LogP contribution is 2.40. The Morgan fingerprint density at radius 1 is 1.44 bits per heavy atom. The van der Waals surface area contributed by atoms with Gasteiger partial charge in [-0.2, -0.15) is 0 Å². The standard InChI is InChI=1S/C17H24N2O6/c1-4-12-15(17(20)21)13(19(22)23)9-14(16(12)24-3)25-10-11-5-7-18(2)8-6-11/h9,11H,4-8,10H2,1-3H3,(H,20,21). The summed E-state index contributed by atoms with van der Waals surface area (Å²) in [5, 5.41) is 20.7. The van der Waals surface area contributed by atoms with E-state index in [-0.39, 0.29) is 29.0 Å². The number of likely N-dealkylation sites (tertiary alicyclic amines) is 1. The van der Waals surface area contributed by atoms with E-state index in [1.54, 1.807) is 6.92 Å². The van der Waals surface area contributed by atoms with E-state index in [9.17, 15) is 20.0 Å². The summed E-state index contributed by atoms with van der Waals surface area (Å²) in [6, 6.07) is 1.16. The maximum Gasteiger partial charge on any atom is 0.343 e. The average molecular weight is 352 g/mol. The summed E-state index contributed by atoms with van der Waals surface area (Å²) in [5.74, 6) is -0.485. The minimum atomic E-state index is -1.34. The van der Waals surface area contributed by atoms with Gasteiger partial charge in [0.2, 0.25) is 0 Å². The SMILES string of the molecule is CCc1c(OC)c(OCC2CCN(C)CC2)cc([N+](=O)[O-])c1C(=O)O. The van der Waals surface area contributed by atoms with Gasteiger partial charge in [0.1, 0.15) is 5.56 Å². The Morgan fingerprint density at radius 3 is 2.56 bits per heavy atom. The molecule has 1 aromatic carbocycles. The van der Waals surface area contributed by atoms with Crippen LogP contribution in [0.3, 0.4) is 0 Å². The highest BCUT2D eigenvalue weighted by atomic mass is 16.6. The zero-order valence-corrected chi connectivity index (χ0v) is 14.8. The first-order valence-corrected chi connectivity index (χ1v) is 8.31. The van der Waals surface area contributed by atoms with Crippen molar-refractivity contribution in [3.05, 3.63) is 27.3 Å². The topological polar surface area (TPSA) is 102 Å². The summed E-state index contributed by atoms with van der Waals surface area (Å²) in [7, 11) is 3.48. The second-order valence-corrected chi connectivity index (χ2v) is 6.25. The van der Waals surface area contributed by atoms with Gasteiger partial charge in [0, 0.05) is 5.56 Å². The van der Waals surface area contributed by atoms with Crippen LogP contribution < -0.4 is 9.47 Å². The van der Waals surface area contributed by atoms with Crippen LogP contribution in [0.2, 0.25) is 0 Å². The Balaban J connectivity index is 2.34. The highest BCUT2D eigenvalue weighted by Gasteiger charge is 2.30. The minimum absolute atomic E-state index is 0.231. The molecule has 0 unspecified atom stereocenters. The van der Waals surface area contributed by atoms with Crippen LogP contribution in [0.5, 0.6) is 11.5 Å². The van der Waals surface area contributed by atoms with Crippen LogP contribution in [0.25, 0.3) is 0 Å². The molecular weight excluding hydrogens is 328 g/mol. The number of nitro benzene ring substituents is 1. The summed E-state index contributed by atoms with van der Waals surface area (Å²) in [5.41, 5.74) is -0.526. The lowest BCUT2D eigenvalue weighted by molar-refractivity contribution is -0.385. The lowest BCUT2D eigenvalue weighted by Crippen LogP contribution is -2.32. The number of methoxy groups -OCH3 is 1. The molecule has 1 aliphatic rings. The molecule has 0 aliphatic carbocycles. The third kappa shape index (κ3) is 4.19. The number of aromatic carboxylic acids is 1. The molecule has 0 saturated carbocycles. The van der Waals surface area contributed by atoms with Gasteiger partial charge >= 0.3 is 5.97 Å². The van der Waals surface area contributed by atoms with Crippen LogP contribution in [-0.4, -0.2) is 54.8 Å².